The van der Waals surface area contributed by atoms with Crippen molar-refractivity contribution < 1.29 is 19.6 Å². The monoisotopic (exact) mass is 286 g/mol. The molecule has 6 nitrogen and oxygen atoms in total. The van der Waals surface area contributed by atoms with Crippen LogP contribution in [-0.4, -0.2) is 30.2 Å². The van der Waals surface area contributed by atoms with E-state index in [9.17, 15) is 4.79 Å². The number of anilines is 2. The smallest absolute Gasteiger partial charge is 0.488 e. The van der Waals surface area contributed by atoms with Crippen molar-refractivity contribution in [2.24, 2.45) is 0 Å². The number of carbonyl (C=O) groups is 1. The lowest BCUT2D eigenvalue weighted by molar-refractivity contribution is 0.102. The van der Waals surface area contributed by atoms with Crippen LogP contribution in [0.25, 0.3) is 0 Å². The number of amides is 1. The first-order chi connectivity index (χ1) is 10.0. The fourth-order valence-corrected chi connectivity index (χ4v) is 1.78. The summed E-state index contributed by atoms with van der Waals surface area (Å²) < 4.78 is 5.02. The molecule has 108 valence electrons. The Balaban J connectivity index is 2.20. The Labute approximate surface area is 122 Å². The van der Waals surface area contributed by atoms with Crippen molar-refractivity contribution in [3.05, 3.63) is 48.0 Å². The van der Waals surface area contributed by atoms with Gasteiger partial charge >= 0.3 is 7.12 Å². The molecule has 0 saturated carbocycles. The molecule has 0 atom stereocenters. The topological polar surface area (TPSA) is 105 Å². The van der Waals surface area contributed by atoms with Crippen LogP contribution in [-0.2, 0) is 0 Å². The molecule has 0 fully saturated rings. The number of methoxy groups -OCH3 is 1. The molecule has 7 heteroatoms. The molecule has 2 aromatic rings. The minimum absolute atomic E-state index is 0.245. The SMILES string of the molecule is COc1ccc(C(=O)Nc2cc(B(O)O)ccc2N)cc1. The summed E-state index contributed by atoms with van der Waals surface area (Å²) in [5.41, 5.74) is 7.10. The van der Waals surface area contributed by atoms with E-state index in [0.29, 0.717) is 22.7 Å². The van der Waals surface area contributed by atoms with E-state index in [4.69, 9.17) is 20.5 Å². The molecular weight excluding hydrogens is 271 g/mol. The second-order valence-electron chi connectivity index (χ2n) is 4.40. The third kappa shape index (κ3) is 3.53. The highest BCUT2D eigenvalue weighted by atomic mass is 16.5. The zero-order valence-corrected chi connectivity index (χ0v) is 11.4. The Morgan fingerprint density at radius 3 is 2.43 bits per heavy atom. The molecule has 0 aliphatic heterocycles. The molecule has 21 heavy (non-hydrogen) atoms. The van der Waals surface area contributed by atoms with E-state index in [1.54, 1.807) is 31.4 Å². The molecule has 0 radical (unpaired) electrons. The van der Waals surface area contributed by atoms with Gasteiger partial charge in [-0.1, -0.05) is 6.07 Å². The van der Waals surface area contributed by atoms with Gasteiger partial charge in [-0.15, -0.1) is 0 Å². The molecule has 0 saturated heterocycles. The first-order valence-electron chi connectivity index (χ1n) is 6.22. The number of carbonyl (C=O) groups excluding carboxylic acids is 1. The van der Waals surface area contributed by atoms with Crippen molar-refractivity contribution in [3.8, 4) is 5.75 Å². The first-order valence-corrected chi connectivity index (χ1v) is 6.22. The molecule has 1 amide bonds. The molecule has 0 aliphatic rings. The average Bonchev–Trinajstić information content (AvgIpc) is 2.49. The van der Waals surface area contributed by atoms with E-state index < -0.39 is 7.12 Å². The quantitative estimate of drug-likeness (QED) is 0.475. The van der Waals surface area contributed by atoms with Crippen LogP contribution in [0.3, 0.4) is 0 Å². The van der Waals surface area contributed by atoms with Crippen LogP contribution in [0, 0.1) is 0 Å². The summed E-state index contributed by atoms with van der Waals surface area (Å²) >= 11 is 0. The highest BCUT2D eigenvalue weighted by Gasteiger charge is 2.14. The molecule has 0 unspecified atom stereocenters. The number of hydrogen-bond acceptors (Lipinski definition) is 5. The Bertz CT molecular complexity index is 644. The van der Waals surface area contributed by atoms with Crippen molar-refractivity contribution in [2.45, 2.75) is 0 Å². The molecule has 0 spiro atoms. The average molecular weight is 286 g/mol. The van der Waals surface area contributed by atoms with Crippen LogP contribution in [0.5, 0.6) is 5.75 Å². The summed E-state index contributed by atoms with van der Waals surface area (Å²) in [5, 5.41) is 20.9. The summed E-state index contributed by atoms with van der Waals surface area (Å²) in [6.45, 7) is 0. The maximum absolute atomic E-state index is 12.1. The van der Waals surface area contributed by atoms with Crippen LogP contribution in [0.15, 0.2) is 42.5 Å². The Morgan fingerprint density at radius 1 is 1.19 bits per heavy atom. The molecule has 0 heterocycles. The van der Waals surface area contributed by atoms with Crippen molar-refractivity contribution >= 4 is 29.9 Å². The van der Waals surface area contributed by atoms with E-state index in [-0.39, 0.29) is 11.4 Å². The Kier molecular flexibility index (Phi) is 4.47. The molecule has 0 aromatic heterocycles. The largest absolute Gasteiger partial charge is 0.497 e. The highest BCUT2D eigenvalue weighted by molar-refractivity contribution is 6.58. The molecule has 0 aliphatic carbocycles. The molecule has 5 N–H and O–H groups in total. The van der Waals surface area contributed by atoms with Gasteiger partial charge in [0.15, 0.2) is 0 Å². The van der Waals surface area contributed by atoms with Gasteiger partial charge in [0.05, 0.1) is 18.5 Å². The number of nitrogens with one attached hydrogen (secondary N) is 1. The first kappa shape index (κ1) is 14.9. The number of ether oxygens (including phenoxy) is 1. The lowest BCUT2D eigenvalue weighted by atomic mass is 9.80. The second kappa shape index (κ2) is 6.30. The van der Waals surface area contributed by atoms with Crippen molar-refractivity contribution in [1.29, 1.82) is 0 Å². The van der Waals surface area contributed by atoms with Crippen LogP contribution in [0.4, 0.5) is 11.4 Å². The van der Waals surface area contributed by atoms with Gasteiger partial charge in [-0.3, -0.25) is 4.79 Å². The third-order valence-corrected chi connectivity index (χ3v) is 2.98. The molecule has 2 rings (SSSR count). The van der Waals surface area contributed by atoms with E-state index in [2.05, 4.69) is 5.32 Å². The standard InChI is InChI=1S/C14H15BN2O4/c1-21-11-5-2-9(3-6-11)14(18)17-13-8-10(15(19)20)4-7-12(13)16/h2-8,19-20H,16H2,1H3,(H,17,18). The predicted molar refractivity (Wildman–Crippen MR) is 81.6 cm³/mol. The van der Waals surface area contributed by atoms with Gasteiger partial charge in [0.25, 0.3) is 5.91 Å². The minimum atomic E-state index is -1.62. The fraction of sp³-hybridized carbons (Fsp3) is 0.0714. The maximum atomic E-state index is 12.1. The predicted octanol–water partition coefficient (Wildman–Crippen LogP) is 0.209. The lowest BCUT2D eigenvalue weighted by Gasteiger charge is -2.10. The van der Waals surface area contributed by atoms with Crippen LogP contribution >= 0.6 is 0 Å². The van der Waals surface area contributed by atoms with Crippen molar-refractivity contribution in [1.82, 2.24) is 0 Å². The minimum Gasteiger partial charge on any atom is -0.497 e. The maximum Gasteiger partial charge on any atom is 0.488 e. The zero-order valence-electron chi connectivity index (χ0n) is 11.4. The second-order valence-corrected chi connectivity index (χ2v) is 4.40. The van der Waals surface area contributed by atoms with E-state index in [1.165, 1.54) is 18.2 Å². The van der Waals surface area contributed by atoms with Crippen molar-refractivity contribution in [2.75, 3.05) is 18.2 Å². The van der Waals surface area contributed by atoms with Crippen LogP contribution in [0.2, 0.25) is 0 Å². The summed E-state index contributed by atoms with van der Waals surface area (Å²) in [7, 11) is -0.0798. The molecule has 2 aromatic carbocycles. The van der Waals surface area contributed by atoms with Gasteiger partial charge in [0.1, 0.15) is 5.75 Å². The summed E-state index contributed by atoms with van der Waals surface area (Å²) in [4.78, 5) is 12.1. The van der Waals surface area contributed by atoms with Crippen LogP contribution in [0.1, 0.15) is 10.4 Å². The van der Waals surface area contributed by atoms with Gasteiger partial charge in [-0.25, -0.2) is 0 Å². The zero-order chi connectivity index (χ0) is 15.4. The third-order valence-electron chi connectivity index (χ3n) is 2.98. The number of rotatable bonds is 4. The summed E-state index contributed by atoms with van der Waals surface area (Å²) in [6.07, 6.45) is 0. The van der Waals surface area contributed by atoms with E-state index in [0.717, 1.165) is 0 Å². The summed E-state index contributed by atoms with van der Waals surface area (Å²) in [5.74, 6) is 0.297. The lowest BCUT2D eigenvalue weighted by Crippen LogP contribution is -2.30. The molecule has 0 bridgehead atoms. The van der Waals surface area contributed by atoms with E-state index in [1.807, 2.05) is 0 Å². The highest BCUT2D eigenvalue weighted by Crippen LogP contribution is 2.18. The van der Waals surface area contributed by atoms with Gasteiger partial charge in [-0.05, 0) is 41.9 Å². The molecular formula is C14H15BN2O4. The van der Waals surface area contributed by atoms with Crippen molar-refractivity contribution in [3.63, 3.8) is 0 Å². The fourth-order valence-electron chi connectivity index (χ4n) is 1.78. The normalized spacial score (nSPS) is 10.0. The van der Waals surface area contributed by atoms with Crippen LogP contribution < -0.4 is 21.3 Å². The number of hydrogen-bond donors (Lipinski definition) is 4. The van der Waals surface area contributed by atoms with Gasteiger partial charge in [0, 0.05) is 5.56 Å². The number of benzene rings is 2. The Hall–Kier alpha value is -2.51. The van der Waals surface area contributed by atoms with Gasteiger partial charge in [0.2, 0.25) is 0 Å². The van der Waals surface area contributed by atoms with Gasteiger partial charge in [-0.2, -0.15) is 0 Å². The number of nitrogens with two attached hydrogens (primary N) is 1. The number of nitrogen functional groups attached to an aromatic ring is 1. The van der Waals surface area contributed by atoms with E-state index >= 15 is 0 Å². The van der Waals surface area contributed by atoms with Gasteiger partial charge < -0.3 is 25.8 Å². The summed E-state index contributed by atoms with van der Waals surface area (Å²) in [6, 6.07) is 11.0. The Morgan fingerprint density at radius 2 is 1.86 bits per heavy atom.